The van der Waals surface area contributed by atoms with Crippen LogP contribution in [0.15, 0.2) is 30.6 Å². The average molecular weight is 326 g/mol. The summed E-state index contributed by atoms with van der Waals surface area (Å²) in [6.07, 6.45) is 5.04. The lowest BCUT2D eigenvalue weighted by molar-refractivity contribution is 0.102. The first-order valence-electron chi connectivity index (χ1n) is 8.47. The largest absolute Gasteiger partial charge is 0.354 e. The first-order valence-corrected chi connectivity index (χ1v) is 8.47. The first kappa shape index (κ1) is 17.9. The van der Waals surface area contributed by atoms with Crippen LogP contribution in [0.4, 0.5) is 11.6 Å². The van der Waals surface area contributed by atoms with Crippen molar-refractivity contribution in [3.63, 3.8) is 0 Å². The van der Waals surface area contributed by atoms with Crippen LogP contribution in [0.25, 0.3) is 0 Å². The summed E-state index contributed by atoms with van der Waals surface area (Å²) >= 11 is 0. The van der Waals surface area contributed by atoms with E-state index in [1.165, 1.54) is 0 Å². The zero-order chi connectivity index (χ0) is 17.5. The number of hydrogen-bond acceptors (Lipinski definition) is 4. The van der Waals surface area contributed by atoms with Gasteiger partial charge in [-0.25, -0.2) is 9.97 Å². The molecule has 0 aliphatic heterocycles. The van der Waals surface area contributed by atoms with Crippen LogP contribution in [0.5, 0.6) is 0 Å². The van der Waals surface area contributed by atoms with Gasteiger partial charge in [0.25, 0.3) is 5.91 Å². The van der Waals surface area contributed by atoms with Crippen LogP contribution in [0.3, 0.4) is 0 Å². The SMILES string of the molecule is CCc1cccc(C)c1NC(=O)c1cnc(NCCC(C)C)nc1. The highest BCUT2D eigenvalue weighted by Crippen LogP contribution is 2.21. The quantitative estimate of drug-likeness (QED) is 0.805. The molecule has 24 heavy (non-hydrogen) atoms. The monoisotopic (exact) mass is 326 g/mol. The molecule has 0 aliphatic carbocycles. The van der Waals surface area contributed by atoms with Gasteiger partial charge in [0.2, 0.25) is 5.95 Å². The molecule has 5 heteroatoms. The average Bonchev–Trinajstić information content (AvgIpc) is 2.57. The van der Waals surface area contributed by atoms with E-state index in [-0.39, 0.29) is 5.91 Å². The molecule has 0 aliphatic rings. The number of anilines is 2. The molecule has 0 saturated carbocycles. The molecule has 1 aromatic heterocycles. The van der Waals surface area contributed by atoms with E-state index in [9.17, 15) is 4.79 Å². The predicted octanol–water partition coefficient (Wildman–Crippen LogP) is 4.06. The standard InChI is InChI=1S/C19H26N4O/c1-5-15-8-6-7-14(4)17(15)23-18(24)16-11-21-19(22-12-16)20-10-9-13(2)3/h6-8,11-13H,5,9-10H2,1-4H3,(H,23,24)(H,20,21,22). The molecule has 2 aromatic rings. The Hall–Kier alpha value is -2.43. The molecule has 0 fully saturated rings. The Kier molecular flexibility index (Phi) is 6.29. The highest BCUT2D eigenvalue weighted by atomic mass is 16.1. The second-order valence-electron chi connectivity index (χ2n) is 6.32. The molecule has 0 unspecified atom stereocenters. The van der Waals surface area contributed by atoms with Crippen molar-refractivity contribution in [2.24, 2.45) is 5.92 Å². The zero-order valence-corrected chi connectivity index (χ0v) is 14.9. The van der Waals surface area contributed by atoms with Crippen molar-refractivity contribution in [1.82, 2.24) is 9.97 Å². The Morgan fingerprint density at radius 3 is 2.54 bits per heavy atom. The van der Waals surface area contributed by atoms with Gasteiger partial charge in [-0.15, -0.1) is 0 Å². The molecule has 2 N–H and O–H groups in total. The van der Waals surface area contributed by atoms with E-state index < -0.39 is 0 Å². The minimum atomic E-state index is -0.187. The van der Waals surface area contributed by atoms with Crippen LogP contribution in [-0.4, -0.2) is 22.4 Å². The third kappa shape index (κ3) is 4.78. The maximum Gasteiger partial charge on any atom is 0.258 e. The van der Waals surface area contributed by atoms with Gasteiger partial charge in [0.1, 0.15) is 0 Å². The van der Waals surface area contributed by atoms with Crippen LogP contribution in [0, 0.1) is 12.8 Å². The highest BCUT2D eigenvalue weighted by Gasteiger charge is 2.11. The summed E-state index contributed by atoms with van der Waals surface area (Å²) in [5, 5.41) is 6.15. The van der Waals surface area contributed by atoms with Gasteiger partial charge in [-0.1, -0.05) is 39.0 Å². The third-order valence-corrected chi connectivity index (χ3v) is 3.90. The van der Waals surface area contributed by atoms with E-state index >= 15 is 0 Å². The van der Waals surface area contributed by atoms with Crippen LogP contribution < -0.4 is 10.6 Å². The minimum Gasteiger partial charge on any atom is -0.354 e. The zero-order valence-electron chi connectivity index (χ0n) is 14.9. The van der Waals surface area contributed by atoms with Crippen molar-refractivity contribution in [1.29, 1.82) is 0 Å². The molecule has 0 bridgehead atoms. The lowest BCUT2D eigenvalue weighted by Crippen LogP contribution is -2.15. The fourth-order valence-electron chi connectivity index (χ4n) is 2.40. The molecule has 0 saturated heterocycles. The molecular weight excluding hydrogens is 300 g/mol. The molecule has 5 nitrogen and oxygen atoms in total. The number of amides is 1. The number of aryl methyl sites for hydroxylation is 2. The molecule has 0 atom stereocenters. The molecular formula is C19H26N4O. The van der Waals surface area contributed by atoms with Crippen molar-refractivity contribution in [3.8, 4) is 0 Å². The number of carbonyl (C=O) groups excluding carboxylic acids is 1. The van der Waals surface area contributed by atoms with Crippen molar-refractivity contribution < 1.29 is 4.79 Å². The molecule has 1 aromatic carbocycles. The number of para-hydroxylation sites is 1. The Morgan fingerprint density at radius 2 is 1.92 bits per heavy atom. The van der Waals surface area contributed by atoms with Gasteiger partial charge in [-0.05, 0) is 36.8 Å². The van der Waals surface area contributed by atoms with Crippen molar-refractivity contribution >= 4 is 17.5 Å². The van der Waals surface area contributed by atoms with Gasteiger partial charge >= 0.3 is 0 Å². The summed E-state index contributed by atoms with van der Waals surface area (Å²) < 4.78 is 0. The van der Waals surface area contributed by atoms with E-state index in [0.29, 0.717) is 17.4 Å². The Balaban J connectivity index is 2.03. The van der Waals surface area contributed by atoms with E-state index in [0.717, 1.165) is 36.2 Å². The Morgan fingerprint density at radius 1 is 1.21 bits per heavy atom. The topological polar surface area (TPSA) is 66.9 Å². The predicted molar refractivity (Wildman–Crippen MR) is 98.5 cm³/mol. The van der Waals surface area contributed by atoms with Gasteiger partial charge in [-0.3, -0.25) is 4.79 Å². The van der Waals surface area contributed by atoms with Crippen molar-refractivity contribution in [2.45, 2.75) is 40.5 Å². The van der Waals surface area contributed by atoms with Gasteiger partial charge in [0.15, 0.2) is 0 Å². The maximum absolute atomic E-state index is 12.4. The molecule has 0 radical (unpaired) electrons. The molecule has 2 rings (SSSR count). The fraction of sp³-hybridized carbons (Fsp3) is 0.421. The number of carbonyl (C=O) groups is 1. The van der Waals surface area contributed by atoms with Crippen LogP contribution in [0.1, 0.15) is 48.7 Å². The lowest BCUT2D eigenvalue weighted by Gasteiger charge is -2.13. The second-order valence-corrected chi connectivity index (χ2v) is 6.32. The smallest absolute Gasteiger partial charge is 0.258 e. The summed E-state index contributed by atoms with van der Waals surface area (Å²) in [6.45, 7) is 9.24. The number of nitrogens with one attached hydrogen (secondary N) is 2. The second kappa shape index (κ2) is 8.43. The lowest BCUT2D eigenvalue weighted by atomic mass is 10.1. The van der Waals surface area contributed by atoms with Gasteiger partial charge in [-0.2, -0.15) is 0 Å². The number of rotatable bonds is 7. The summed E-state index contributed by atoms with van der Waals surface area (Å²) in [6, 6.07) is 6.03. The maximum atomic E-state index is 12.4. The normalized spacial score (nSPS) is 10.7. The Bertz CT molecular complexity index is 680. The van der Waals surface area contributed by atoms with Gasteiger partial charge < -0.3 is 10.6 Å². The third-order valence-electron chi connectivity index (χ3n) is 3.90. The van der Waals surface area contributed by atoms with Crippen LogP contribution in [-0.2, 0) is 6.42 Å². The van der Waals surface area contributed by atoms with Crippen LogP contribution in [0.2, 0.25) is 0 Å². The minimum absolute atomic E-state index is 0.187. The number of hydrogen-bond donors (Lipinski definition) is 2. The van der Waals surface area contributed by atoms with E-state index in [1.807, 2.05) is 25.1 Å². The van der Waals surface area contributed by atoms with Crippen LogP contribution >= 0.6 is 0 Å². The number of benzene rings is 1. The Labute approximate surface area is 143 Å². The highest BCUT2D eigenvalue weighted by molar-refractivity contribution is 6.04. The van der Waals surface area contributed by atoms with E-state index in [2.05, 4.69) is 41.4 Å². The van der Waals surface area contributed by atoms with Gasteiger partial charge in [0.05, 0.1) is 5.56 Å². The number of aromatic nitrogens is 2. The number of nitrogens with zero attached hydrogens (tertiary/aromatic N) is 2. The summed E-state index contributed by atoms with van der Waals surface area (Å²) in [5.41, 5.74) is 3.51. The van der Waals surface area contributed by atoms with E-state index in [1.54, 1.807) is 12.4 Å². The van der Waals surface area contributed by atoms with E-state index in [4.69, 9.17) is 0 Å². The van der Waals surface area contributed by atoms with Gasteiger partial charge in [0, 0.05) is 24.6 Å². The summed E-state index contributed by atoms with van der Waals surface area (Å²) in [4.78, 5) is 20.9. The molecule has 1 heterocycles. The molecule has 0 spiro atoms. The first-order chi connectivity index (χ1) is 11.5. The summed E-state index contributed by atoms with van der Waals surface area (Å²) in [7, 11) is 0. The van der Waals surface area contributed by atoms with Crippen molar-refractivity contribution in [2.75, 3.05) is 17.2 Å². The summed E-state index contributed by atoms with van der Waals surface area (Å²) in [5.74, 6) is 0.995. The van der Waals surface area contributed by atoms with Crippen molar-refractivity contribution in [3.05, 3.63) is 47.3 Å². The molecule has 128 valence electrons. The fourth-order valence-corrected chi connectivity index (χ4v) is 2.40. The molecule has 1 amide bonds.